The first-order valence-electron chi connectivity index (χ1n) is 7.47. The van der Waals surface area contributed by atoms with E-state index in [9.17, 15) is 0 Å². The largest absolute Gasteiger partial charge is 0.493 e. The maximum atomic E-state index is 6.06. The first kappa shape index (κ1) is 13.9. The summed E-state index contributed by atoms with van der Waals surface area (Å²) in [6, 6.07) is 8.41. The van der Waals surface area contributed by atoms with E-state index in [2.05, 4.69) is 41.4 Å². The number of hydrogen-bond acceptors (Lipinski definition) is 4. The first-order chi connectivity index (χ1) is 9.75. The molecule has 1 aromatic carbocycles. The van der Waals surface area contributed by atoms with E-state index in [1.165, 1.54) is 5.56 Å². The highest BCUT2D eigenvalue weighted by Gasteiger charge is 2.34. The molecule has 0 atom stereocenters. The second-order valence-electron chi connectivity index (χ2n) is 6.23. The molecule has 4 nitrogen and oxygen atoms in total. The summed E-state index contributed by atoms with van der Waals surface area (Å²) in [6.07, 6.45) is 0. The number of para-hydroxylation sites is 1. The molecule has 1 aromatic rings. The SMILES string of the molecule is CC1(COc2ccccc2CN2CCNCC2)COC1. The molecule has 0 amide bonds. The van der Waals surface area contributed by atoms with Crippen molar-refractivity contribution in [2.45, 2.75) is 13.5 Å². The Morgan fingerprint density at radius 2 is 2.00 bits per heavy atom. The molecule has 2 heterocycles. The van der Waals surface area contributed by atoms with Crippen LogP contribution in [0.3, 0.4) is 0 Å². The Morgan fingerprint density at radius 3 is 2.70 bits per heavy atom. The van der Waals surface area contributed by atoms with Gasteiger partial charge in [-0.15, -0.1) is 0 Å². The summed E-state index contributed by atoms with van der Waals surface area (Å²) in [6.45, 7) is 9.95. The van der Waals surface area contributed by atoms with E-state index in [0.29, 0.717) is 0 Å². The van der Waals surface area contributed by atoms with Gasteiger partial charge in [0.15, 0.2) is 0 Å². The van der Waals surface area contributed by atoms with Gasteiger partial charge < -0.3 is 14.8 Å². The van der Waals surface area contributed by atoms with Crippen molar-refractivity contribution < 1.29 is 9.47 Å². The smallest absolute Gasteiger partial charge is 0.123 e. The van der Waals surface area contributed by atoms with Crippen molar-refractivity contribution in [1.29, 1.82) is 0 Å². The van der Waals surface area contributed by atoms with Crippen LogP contribution in [0.1, 0.15) is 12.5 Å². The lowest BCUT2D eigenvalue weighted by Crippen LogP contribution is -2.44. The van der Waals surface area contributed by atoms with Gasteiger partial charge in [0.1, 0.15) is 5.75 Å². The second kappa shape index (κ2) is 6.12. The van der Waals surface area contributed by atoms with E-state index in [1.807, 2.05) is 0 Å². The van der Waals surface area contributed by atoms with Crippen LogP contribution in [0.4, 0.5) is 0 Å². The molecule has 2 aliphatic rings. The molecule has 0 spiro atoms. The number of ether oxygens (including phenoxy) is 2. The van der Waals surface area contributed by atoms with Crippen LogP contribution < -0.4 is 10.1 Å². The van der Waals surface area contributed by atoms with Gasteiger partial charge in [-0.3, -0.25) is 4.90 Å². The summed E-state index contributed by atoms with van der Waals surface area (Å²) in [5.41, 5.74) is 1.49. The van der Waals surface area contributed by atoms with Crippen LogP contribution in [-0.2, 0) is 11.3 Å². The van der Waals surface area contributed by atoms with Crippen molar-refractivity contribution in [2.24, 2.45) is 5.41 Å². The standard InChI is InChI=1S/C16H24N2O2/c1-16(11-19-12-16)13-20-15-5-3-2-4-14(15)10-18-8-6-17-7-9-18/h2-5,17H,6-13H2,1H3. The normalized spacial score (nSPS) is 22.2. The molecule has 20 heavy (non-hydrogen) atoms. The minimum absolute atomic E-state index is 0.197. The quantitative estimate of drug-likeness (QED) is 0.884. The molecular weight excluding hydrogens is 252 g/mol. The van der Waals surface area contributed by atoms with Gasteiger partial charge in [-0.25, -0.2) is 0 Å². The predicted molar refractivity (Wildman–Crippen MR) is 79.0 cm³/mol. The lowest BCUT2D eigenvalue weighted by atomic mass is 9.90. The lowest BCUT2D eigenvalue weighted by molar-refractivity contribution is -0.120. The van der Waals surface area contributed by atoms with E-state index in [1.54, 1.807) is 0 Å². The van der Waals surface area contributed by atoms with E-state index in [-0.39, 0.29) is 5.41 Å². The summed E-state index contributed by atoms with van der Waals surface area (Å²) in [5.74, 6) is 1.03. The zero-order chi connectivity index (χ0) is 13.8. The molecule has 0 unspecified atom stereocenters. The number of rotatable bonds is 5. The molecule has 0 aliphatic carbocycles. The maximum Gasteiger partial charge on any atom is 0.123 e. The fraction of sp³-hybridized carbons (Fsp3) is 0.625. The number of nitrogens with zero attached hydrogens (tertiary/aromatic N) is 1. The van der Waals surface area contributed by atoms with Crippen LogP contribution in [0.25, 0.3) is 0 Å². The molecular formula is C16H24N2O2. The van der Waals surface area contributed by atoms with Gasteiger partial charge in [0.2, 0.25) is 0 Å². The average Bonchev–Trinajstić information content (AvgIpc) is 2.45. The van der Waals surface area contributed by atoms with E-state index in [0.717, 1.165) is 58.3 Å². The summed E-state index contributed by atoms with van der Waals surface area (Å²) in [4.78, 5) is 2.48. The van der Waals surface area contributed by atoms with Crippen LogP contribution in [0.15, 0.2) is 24.3 Å². The molecule has 0 saturated carbocycles. The maximum absolute atomic E-state index is 6.06. The van der Waals surface area contributed by atoms with E-state index in [4.69, 9.17) is 9.47 Å². The Bertz CT molecular complexity index is 440. The Morgan fingerprint density at radius 1 is 1.25 bits per heavy atom. The third kappa shape index (κ3) is 3.32. The highest BCUT2D eigenvalue weighted by molar-refractivity contribution is 5.33. The number of nitrogens with one attached hydrogen (secondary N) is 1. The average molecular weight is 276 g/mol. The van der Waals surface area contributed by atoms with Crippen molar-refractivity contribution in [3.05, 3.63) is 29.8 Å². The van der Waals surface area contributed by atoms with Crippen LogP contribution in [0.5, 0.6) is 5.75 Å². The summed E-state index contributed by atoms with van der Waals surface area (Å²) in [5, 5.41) is 3.39. The molecule has 3 rings (SSSR count). The Labute approximate surface area is 121 Å². The fourth-order valence-electron chi connectivity index (χ4n) is 2.67. The molecule has 2 fully saturated rings. The Kier molecular flexibility index (Phi) is 4.24. The summed E-state index contributed by atoms with van der Waals surface area (Å²) in [7, 11) is 0. The molecule has 0 aromatic heterocycles. The van der Waals surface area contributed by atoms with Gasteiger partial charge >= 0.3 is 0 Å². The number of hydrogen-bond donors (Lipinski definition) is 1. The van der Waals surface area contributed by atoms with Gasteiger partial charge in [0.05, 0.1) is 19.8 Å². The number of piperazine rings is 1. The molecule has 1 N–H and O–H groups in total. The van der Waals surface area contributed by atoms with Gasteiger partial charge in [0, 0.05) is 43.7 Å². The molecule has 110 valence electrons. The molecule has 0 bridgehead atoms. The zero-order valence-electron chi connectivity index (χ0n) is 12.2. The predicted octanol–water partition coefficient (Wildman–Crippen LogP) is 1.51. The van der Waals surface area contributed by atoms with Crippen molar-refractivity contribution in [1.82, 2.24) is 10.2 Å². The summed E-state index contributed by atoms with van der Waals surface area (Å²) >= 11 is 0. The second-order valence-corrected chi connectivity index (χ2v) is 6.23. The van der Waals surface area contributed by atoms with Gasteiger partial charge in [0.25, 0.3) is 0 Å². The molecule has 4 heteroatoms. The van der Waals surface area contributed by atoms with Crippen LogP contribution in [-0.4, -0.2) is 50.9 Å². The van der Waals surface area contributed by atoms with Gasteiger partial charge in [-0.2, -0.15) is 0 Å². The topological polar surface area (TPSA) is 33.7 Å². The highest BCUT2D eigenvalue weighted by Crippen LogP contribution is 2.29. The van der Waals surface area contributed by atoms with E-state index >= 15 is 0 Å². The molecule has 2 aliphatic heterocycles. The van der Waals surface area contributed by atoms with Gasteiger partial charge in [-0.05, 0) is 6.07 Å². The van der Waals surface area contributed by atoms with Crippen molar-refractivity contribution in [3.63, 3.8) is 0 Å². The van der Waals surface area contributed by atoms with Gasteiger partial charge in [-0.1, -0.05) is 25.1 Å². The van der Waals surface area contributed by atoms with E-state index < -0.39 is 0 Å². The lowest BCUT2D eigenvalue weighted by Gasteiger charge is -2.37. The molecule has 2 saturated heterocycles. The number of benzene rings is 1. The Balaban J connectivity index is 1.61. The zero-order valence-corrected chi connectivity index (χ0v) is 12.2. The minimum atomic E-state index is 0.197. The first-order valence-corrected chi connectivity index (χ1v) is 7.47. The van der Waals surface area contributed by atoms with Crippen LogP contribution in [0.2, 0.25) is 0 Å². The third-order valence-corrected chi connectivity index (χ3v) is 4.05. The minimum Gasteiger partial charge on any atom is -0.493 e. The van der Waals surface area contributed by atoms with Crippen molar-refractivity contribution in [3.8, 4) is 5.75 Å². The fourth-order valence-corrected chi connectivity index (χ4v) is 2.67. The highest BCUT2D eigenvalue weighted by atomic mass is 16.5. The van der Waals surface area contributed by atoms with Crippen LogP contribution >= 0.6 is 0 Å². The molecule has 0 radical (unpaired) electrons. The summed E-state index contributed by atoms with van der Waals surface area (Å²) < 4.78 is 11.3. The van der Waals surface area contributed by atoms with Crippen molar-refractivity contribution >= 4 is 0 Å². The monoisotopic (exact) mass is 276 g/mol. The van der Waals surface area contributed by atoms with Crippen LogP contribution in [0, 0.1) is 5.41 Å². The Hall–Kier alpha value is -1.10. The third-order valence-electron chi connectivity index (χ3n) is 4.05. The van der Waals surface area contributed by atoms with Crippen molar-refractivity contribution in [2.75, 3.05) is 46.0 Å².